The van der Waals surface area contributed by atoms with Crippen molar-refractivity contribution >= 4 is 46.8 Å². The molecule has 5 unspecified atom stereocenters. The van der Waals surface area contributed by atoms with Gasteiger partial charge in [0.2, 0.25) is 0 Å². The fourth-order valence-electron chi connectivity index (χ4n) is 7.73. The second kappa shape index (κ2) is 14.8. The van der Waals surface area contributed by atoms with E-state index in [0.29, 0.717) is 33.1 Å². The summed E-state index contributed by atoms with van der Waals surface area (Å²) in [4.78, 5) is 61.5. The van der Waals surface area contributed by atoms with E-state index >= 15 is 0 Å². The Bertz CT molecular complexity index is 1870. The molecule has 2 aliphatic rings. The normalized spacial score (nSPS) is 22.5. The molecule has 1 amide bonds. The minimum absolute atomic E-state index is 0.0276. The van der Waals surface area contributed by atoms with Crippen LogP contribution in [0.5, 0.6) is 0 Å². The molecule has 2 heterocycles. The smallest absolute Gasteiger partial charge is 0.329 e. The van der Waals surface area contributed by atoms with Crippen LogP contribution in [0.1, 0.15) is 54.7 Å². The first kappa shape index (κ1) is 34.7. The van der Waals surface area contributed by atoms with E-state index in [0.717, 1.165) is 0 Å². The second-order valence-electron chi connectivity index (χ2n) is 12.2. The summed E-state index contributed by atoms with van der Waals surface area (Å²) in [6.07, 6.45) is 0.0555. The second-order valence-corrected chi connectivity index (χ2v) is 12.6. The molecule has 0 radical (unpaired) electrons. The van der Waals surface area contributed by atoms with Crippen molar-refractivity contribution in [3.63, 3.8) is 0 Å². The molecular weight excluding hydrogens is 656 g/mol. The number of halogens is 1. The van der Waals surface area contributed by atoms with Crippen LogP contribution in [0.4, 0.5) is 11.4 Å². The van der Waals surface area contributed by atoms with Gasteiger partial charge in [0.25, 0.3) is 5.91 Å². The molecule has 0 spiro atoms. The number of hydrogen-bond donors (Lipinski definition) is 0. The highest BCUT2D eigenvalue weighted by atomic mass is 35.5. The maximum absolute atomic E-state index is 14.9. The highest BCUT2D eigenvalue weighted by molar-refractivity contribution is 6.30. The lowest BCUT2D eigenvalue weighted by Crippen LogP contribution is -2.52. The fraction of sp³-hybridized carbons (Fsp3) is 0.300. The first-order valence-corrected chi connectivity index (χ1v) is 17.2. The number of ether oxygens (including phenoxy) is 3. The quantitative estimate of drug-likeness (QED) is 0.135. The van der Waals surface area contributed by atoms with Crippen LogP contribution in [-0.2, 0) is 34.1 Å². The molecule has 50 heavy (non-hydrogen) atoms. The number of hydrogen-bond acceptors (Lipinski definition) is 8. The van der Waals surface area contributed by atoms with Gasteiger partial charge in [-0.05, 0) is 68.3 Å². The predicted octanol–water partition coefficient (Wildman–Crippen LogP) is 7.14. The molecule has 2 aliphatic heterocycles. The zero-order valence-electron chi connectivity index (χ0n) is 28.2. The van der Waals surface area contributed by atoms with E-state index in [1.807, 2.05) is 65.6 Å². The third-order valence-corrected chi connectivity index (χ3v) is 9.75. The highest BCUT2D eigenvalue weighted by Crippen LogP contribution is 2.61. The number of carbonyl (C=O) groups excluding carboxylic acids is 4. The lowest BCUT2D eigenvalue weighted by molar-refractivity contribution is -0.163. The Balaban J connectivity index is 1.77. The molecule has 6 rings (SSSR count). The van der Waals surface area contributed by atoms with Gasteiger partial charge in [0.1, 0.15) is 17.9 Å². The van der Waals surface area contributed by atoms with Crippen molar-refractivity contribution in [2.75, 3.05) is 29.6 Å². The van der Waals surface area contributed by atoms with Gasteiger partial charge in [-0.1, -0.05) is 84.4 Å². The molecule has 4 aromatic rings. The van der Waals surface area contributed by atoms with Crippen molar-refractivity contribution in [3.05, 3.63) is 131 Å². The fourth-order valence-corrected chi connectivity index (χ4v) is 7.92. The molecule has 0 N–H and O–H groups in total. The van der Waals surface area contributed by atoms with E-state index in [4.69, 9.17) is 25.8 Å². The van der Waals surface area contributed by atoms with E-state index in [2.05, 4.69) is 0 Å². The van der Waals surface area contributed by atoms with Crippen molar-refractivity contribution < 1.29 is 33.4 Å². The number of fused-ring (bicyclic) bond motifs is 3. The standard InChI is InChI=1S/C40H39ClN2O7/c1-4-48-37(45)33-34(38(46)49-5-2)40(28-19-11-8-12-20-28)25-32(27-18-15-21-29(41)24-27)42(36(44)26-16-9-7-10-17-26)30-22-13-14-23-31(30)43(40)35(33)39(47)50-6-3/h7-24,32-35H,4-6,25H2,1-3H3. The first-order valence-electron chi connectivity index (χ1n) is 16.9. The van der Waals surface area contributed by atoms with Gasteiger partial charge in [0.15, 0.2) is 0 Å². The summed E-state index contributed by atoms with van der Waals surface area (Å²) < 4.78 is 17.1. The topological polar surface area (TPSA) is 102 Å². The number of carbonyl (C=O) groups is 4. The summed E-state index contributed by atoms with van der Waals surface area (Å²) >= 11 is 6.62. The van der Waals surface area contributed by atoms with E-state index in [9.17, 15) is 19.2 Å². The highest BCUT2D eigenvalue weighted by Gasteiger charge is 2.69. The largest absolute Gasteiger partial charge is 0.466 e. The SMILES string of the molecule is CCOC(=O)C1C(C(=O)OCC)N2c3ccccc3N(C(=O)c3ccccc3)C(c3cccc(Cl)c3)CC2(c2ccccc2)C1C(=O)OCC. The Kier molecular flexibility index (Phi) is 10.2. The molecule has 1 saturated heterocycles. The summed E-state index contributed by atoms with van der Waals surface area (Å²) in [6.45, 7) is 5.15. The number of amides is 1. The van der Waals surface area contributed by atoms with Gasteiger partial charge >= 0.3 is 17.9 Å². The Morgan fingerprint density at radius 3 is 1.92 bits per heavy atom. The summed E-state index contributed by atoms with van der Waals surface area (Å²) in [5, 5.41) is 0.458. The minimum Gasteiger partial charge on any atom is -0.466 e. The number of para-hydroxylation sites is 2. The predicted molar refractivity (Wildman–Crippen MR) is 190 cm³/mol. The molecule has 258 valence electrons. The molecule has 0 aromatic heterocycles. The molecule has 0 aliphatic carbocycles. The van der Waals surface area contributed by atoms with Crippen LogP contribution >= 0.6 is 11.6 Å². The third kappa shape index (κ3) is 6.00. The lowest BCUT2D eigenvalue weighted by Gasteiger charge is -2.44. The summed E-state index contributed by atoms with van der Waals surface area (Å²) in [7, 11) is 0. The molecule has 4 aromatic carbocycles. The number of rotatable bonds is 9. The Hall–Kier alpha value is -5.15. The van der Waals surface area contributed by atoms with Crippen LogP contribution in [0.25, 0.3) is 0 Å². The van der Waals surface area contributed by atoms with Gasteiger partial charge in [0, 0.05) is 17.0 Å². The molecule has 5 atom stereocenters. The Labute approximate surface area is 296 Å². The van der Waals surface area contributed by atoms with Crippen LogP contribution in [0.15, 0.2) is 109 Å². The molecule has 1 fully saturated rings. The number of nitrogens with zero attached hydrogens (tertiary/aromatic N) is 2. The monoisotopic (exact) mass is 694 g/mol. The lowest BCUT2D eigenvalue weighted by atomic mass is 9.70. The van der Waals surface area contributed by atoms with Crippen LogP contribution < -0.4 is 9.80 Å². The summed E-state index contributed by atoms with van der Waals surface area (Å²) in [5.41, 5.74) is 1.28. The van der Waals surface area contributed by atoms with Gasteiger partial charge in [0.05, 0.1) is 42.8 Å². The molecule has 0 saturated carbocycles. The number of esters is 3. The van der Waals surface area contributed by atoms with Crippen molar-refractivity contribution in [2.45, 2.75) is 44.8 Å². The molecular formula is C40H39ClN2O7. The van der Waals surface area contributed by atoms with Crippen LogP contribution in [0.3, 0.4) is 0 Å². The van der Waals surface area contributed by atoms with Gasteiger partial charge < -0.3 is 19.1 Å². The maximum Gasteiger partial charge on any atom is 0.329 e. The zero-order valence-corrected chi connectivity index (χ0v) is 28.9. The van der Waals surface area contributed by atoms with Crippen LogP contribution in [-0.4, -0.2) is 49.7 Å². The van der Waals surface area contributed by atoms with E-state index < -0.39 is 47.4 Å². The average Bonchev–Trinajstić information content (AvgIpc) is 3.37. The van der Waals surface area contributed by atoms with Gasteiger partial charge in [-0.15, -0.1) is 0 Å². The minimum atomic E-state index is -1.45. The molecule has 10 heteroatoms. The number of benzene rings is 4. The van der Waals surface area contributed by atoms with Crippen molar-refractivity contribution in [3.8, 4) is 0 Å². The molecule has 0 bridgehead atoms. The maximum atomic E-state index is 14.9. The number of anilines is 2. The van der Waals surface area contributed by atoms with Crippen molar-refractivity contribution in [1.29, 1.82) is 0 Å². The van der Waals surface area contributed by atoms with Crippen molar-refractivity contribution in [1.82, 2.24) is 0 Å². The summed E-state index contributed by atoms with van der Waals surface area (Å²) in [6, 6.07) is 30.6. The molecule has 9 nitrogen and oxygen atoms in total. The summed E-state index contributed by atoms with van der Waals surface area (Å²) in [5.74, 6) is -4.97. The third-order valence-electron chi connectivity index (χ3n) is 9.51. The van der Waals surface area contributed by atoms with E-state index in [-0.39, 0.29) is 32.1 Å². The van der Waals surface area contributed by atoms with Crippen LogP contribution in [0.2, 0.25) is 5.02 Å². The van der Waals surface area contributed by atoms with E-state index in [1.54, 1.807) is 74.2 Å². The van der Waals surface area contributed by atoms with Gasteiger partial charge in [-0.3, -0.25) is 19.3 Å². The van der Waals surface area contributed by atoms with E-state index in [1.165, 1.54) is 0 Å². The zero-order chi connectivity index (χ0) is 35.4. The van der Waals surface area contributed by atoms with Gasteiger partial charge in [-0.2, -0.15) is 0 Å². The first-order chi connectivity index (χ1) is 24.3. The van der Waals surface area contributed by atoms with Gasteiger partial charge in [-0.25, -0.2) is 4.79 Å². The van der Waals surface area contributed by atoms with Crippen molar-refractivity contribution in [2.24, 2.45) is 11.8 Å². The Morgan fingerprint density at radius 1 is 0.700 bits per heavy atom. The Morgan fingerprint density at radius 2 is 1.28 bits per heavy atom. The van der Waals surface area contributed by atoms with Crippen LogP contribution in [0, 0.1) is 11.8 Å². The average molecular weight is 695 g/mol.